The zero-order valence-corrected chi connectivity index (χ0v) is 15.6. The Balaban J connectivity index is 1.51. The number of allylic oxidation sites excluding steroid dienone is 2. The van der Waals surface area contributed by atoms with Crippen molar-refractivity contribution in [2.45, 2.75) is 89.6 Å². The monoisotopic (exact) mass is 366 g/mol. The second kappa shape index (κ2) is 9.88. The molecule has 0 saturated carbocycles. The summed E-state index contributed by atoms with van der Waals surface area (Å²) in [6, 6.07) is 0. The average Bonchev–Trinajstić information content (AvgIpc) is 2.98. The highest BCUT2D eigenvalue weighted by Crippen LogP contribution is 2.23. The number of aliphatic hydroxyl groups excluding tert-OH is 2. The van der Waals surface area contributed by atoms with E-state index in [1.807, 2.05) is 0 Å². The van der Waals surface area contributed by atoms with Gasteiger partial charge in [-0.15, -0.1) is 0 Å². The van der Waals surface area contributed by atoms with Crippen LogP contribution in [0.1, 0.15) is 65.2 Å². The van der Waals surface area contributed by atoms with Gasteiger partial charge in [0, 0.05) is 0 Å². The molecule has 0 aliphatic carbocycles. The molecule has 6 nitrogen and oxygen atoms in total. The summed E-state index contributed by atoms with van der Waals surface area (Å²) in [4.78, 5) is 23.0. The maximum absolute atomic E-state index is 11.5. The Morgan fingerprint density at radius 3 is 1.38 bits per heavy atom. The van der Waals surface area contributed by atoms with E-state index in [9.17, 15) is 19.8 Å². The van der Waals surface area contributed by atoms with Crippen molar-refractivity contribution >= 4 is 11.9 Å². The molecule has 0 aromatic carbocycles. The molecule has 2 rings (SSSR count). The highest BCUT2D eigenvalue weighted by molar-refractivity contribution is 5.92. The first-order valence-electron chi connectivity index (χ1n) is 9.60. The molecule has 0 bridgehead atoms. The van der Waals surface area contributed by atoms with Crippen molar-refractivity contribution in [3.8, 4) is 0 Å². The molecule has 2 fully saturated rings. The summed E-state index contributed by atoms with van der Waals surface area (Å²) in [6.45, 7) is 3.38. The van der Waals surface area contributed by atoms with Crippen LogP contribution in [0.15, 0.2) is 23.3 Å². The van der Waals surface area contributed by atoms with E-state index in [1.54, 1.807) is 26.0 Å². The number of carbonyl (C=O) groups is 2. The van der Waals surface area contributed by atoms with Crippen molar-refractivity contribution < 1.29 is 29.3 Å². The highest BCUT2D eigenvalue weighted by Gasteiger charge is 2.35. The smallest absolute Gasteiger partial charge is 0.336 e. The predicted molar refractivity (Wildman–Crippen MR) is 96.2 cm³/mol. The first-order chi connectivity index (χ1) is 12.4. The van der Waals surface area contributed by atoms with Crippen molar-refractivity contribution in [3.63, 3.8) is 0 Å². The largest absolute Gasteiger partial charge is 0.456 e. The van der Waals surface area contributed by atoms with Crippen molar-refractivity contribution in [2.24, 2.45) is 0 Å². The molecule has 146 valence electrons. The second-order valence-electron chi connectivity index (χ2n) is 7.13. The topological polar surface area (TPSA) is 93.1 Å². The first kappa shape index (κ1) is 20.6. The van der Waals surface area contributed by atoms with Crippen LogP contribution >= 0.6 is 0 Å². The molecule has 4 atom stereocenters. The number of unbranched alkanes of at least 4 members (excludes halogenated alkanes) is 7. The van der Waals surface area contributed by atoms with Crippen LogP contribution in [0.4, 0.5) is 0 Å². The first-order valence-corrected chi connectivity index (χ1v) is 9.60. The molecule has 4 unspecified atom stereocenters. The lowest BCUT2D eigenvalue weighted by atomic mass is 10.0. The van der Waals surface area contributed by atoms with Crippen LogP contribution < -0.4 is 0 Å². The SMILES string of the molecule is CC1OC(=O)C(=CCCCCCCCCC=C2C(=O)OC(C)C2O)C1O. The summed E-state index contributed by atoms with van der Waals surface area (Å²) in [5.41, 5.74) is 0.792. The lowest BCUT2D eigenvalue weighted by Gasteiger charge is -2.05. The normalized spacial score (nSPS) is 31.7. The van der Waals surface area contributed by atoms with Gasteiger partial charge in [0.25, 0.3) is 0 Å². The van der Waals surface area contributed by atoms with E-state index in [0.717, 1.165) is 51.4 Å². The Kier molecular flexibility index (Phi) is 7.85. The summed E-state index contributed by atoms with van der Waals surface area (Å²) in [5.74, 6) is -0.797. The minimum Gasteiger partial charge on any atom is -0.456 e. The highest BCUT2D eigenvalue weighted by atomic mass is 16.6. The zero-order chi connectivity index (χ0) is 19.1. The summed E-state index contributed by atoms with van der Waals surface area (Å²) < 4.78 is 9.94. The molecule has 2 aliphatic heterocycles. The van der Waals surface area contributed by atoms with Gasteiger partial charge in [-0.3, -0.25) is 0 Å². The molecule has 0 aromatic rings. The number of cyclic esters (lactones) is 2. The summed E-state index contributed by atoms with van der Waals surface area (Å²) in [5, 5.41) is 19.6. The molecule has 0 radical (unpaired) electrons. The molecule has 2 saturated heterocycles. The van der Waals surface area contributed by atoms with Gasteiger partial charge in [0.15, 0.2) is 0 Å². The summed E-state index contributed by atoms with van der Waals surface area (Å²) >= 11 is 0. The molecule has 2 aliphatic rings. The van der Waals surface area contributed by atoms with E-state index in [0.29, 0.717) is 11.1 Å². The molecular formula is C20H30O6. The molecule has 2 heterocycles. The van der Waals surface area contributed by atoms with Gasteiger partial charge in [0.1, 0.15) is 24.4 Å². The third-order valence-corrected chi connectivity index (χ3v) is 4.97. The van der Waals surface area contributed by atoms with Gasteiger partial charge in [-0.1, -0.05) is 37.8 Å². The van der Waals surface area contributed by atoms with Crippen LogP contribution in [0.3, 0.4) is 0 Å². The molecule has 0 spiro atoms. The molecule has 0 aromatic heterocycles. The summed E-state index contributed by atoms with van der Waals surface area (Å²) in [6.07, 6.45) is 9.03. The van der Waals surface area contributed by atoms with E-state index < -0.39 is 36.4 Å². The quantitative estimate of drug-likeness (QED) is 0.370. The Hall–Kier alpha value is -1.66. The minimum atomic E-state index is -0.796. The van der Waals surface area contributed by atoms with Crippen molar-refractivity contribution in [1.29, 1.82) is 0 Å². The number of hydrogen-bond donors (Lipinski definition) is 2. The molecular weight excluding hydrogens is 336 g/mol. The van der Waals surface area contributed by atoms with Gasteiger partial charge in [0.2, 0.25) is 0 Å². The van der Waals surface area contributed by atoms with Gasteiger partial charge in [-0.05, 0) is 39.5 Å². The van der Waals surface area contributed by atoms with Crippen LogP contribution in [0.5, 0.6) is 0 Å². The third-order valence-electron chi connectivity index (χ3n) is 4.97. The van der Waals surface area contributed by atoms with Crippen LogP contribution in [0.25, 0.3) is 0 Å². The van der Waals surface area contributed by atoms with E-state index >= 15 is 0 Å². The van der Waals surface area contributed by atoms with Gasteiger partial charge >= 0.3 is 11.9 Å². The number of esters is 2. The fourth-order valence-electron chi connectivity index (χ4n) is 3.27. The standard InChI is InChI=1S/C20H30O6/c1-13-17(21)15(19(23)25-13)11-9-7-5-3-4-6-8-10-12-16-18(22)14(2)26-20(16)24/h11-14,17-18,21-22H,3-10H2,1-2H3. The fourth-order valence-corrected chi connectivity index (χ4v) is 3.27. The Labute approximate surface area is 154 Å². The van der Waals surface area contributed by atoms with Crippen LogP contribution in [-0.2, 0) is 19.1 Å². The van der Waals surface area contributed by atoms with E-state index in [1.165, 1.54) is 0 Å². The fraction of sp³-hybridized carbons (Fsp3) is 0.700. The van der Waals surface area contributed by atoms with E-state index in [-0.39, 0.29) is 0 Å². The number of aliphatic hydroxyl groups is 2. The van der Waals surface area contributed by atoms with Crippen LogP contribution in [0, 0.1) is 0 Å². The average molecular weight is 366 g/mol. The number of hydrogen-bond acceptors (Lipinski definition) is 6. The van der Waals surface area contributed by atoms with E-state index in [4.69, 9.17) is 9.47 Å². The van der Waals surface area contributed by atoms with Gasteiger partial charge in [0.05, 0.1) is 11.1 Å². The maximum atomic E-state index is 11.5. The second-order valence-corrected chi connectivity index (χ2v) is 7.13. The molecule has 2 N–H and O–H groups in total. The third kappa shape index (κ3) is 5.42. The Morgan fingerprint density at radius 1 is 0.731 bits per heavy atom. The van der Waals surface area contributed by atoms with Crippen LogP contribution in [-0.4, -0.2) is 46.6 Å². The lowest BCUT2D eigenvalue weighted by molar-refractivity contribution is -0.139. The lowest BCUT2D eigenvalue weighted by Crippen LogP contribution is -2.17. The minimum absolute atomic E-state index is 0.396. The number of ether oxygens (including phenoxy) is 2. The van der Waals surface area contributed by atoms with Crippen molar-refractivity contribution in [2.75, 3.05) is 0 Å². The molecule has 0 amide bonds. The predicted octanol–water partition coefficient (Wildman–Crippen LogP) is 2.57. The van der Waals surface area contributed by atoms with E-state index in [2.05, 4.69) is 0 Å². The van der Waals surface area contributed by atoms with Gasteiger partial charge in [-0.2, -0.15) is 0 Å². The Morgan fingerprint density at radius 2 is 1.08 bits per heavy atom. The maximum Gasteiger partial charge on any atom is 0.336 e. The summed E-state index contributed by atoms with van der Waals surface area (Å²) in [7, 11) is 0. The van der Waals surface area contributed by atoms with Crippen molar-refractivity contribution in [3.05, 3.63) is 23.3 Å². The van der Waals surface area contributed by atoms with Gasteiger partial charge < -0.3 is 19.7 Å². The van der Waals surface area contributed by atoms with Crippen LogP contribution in [0.2, 0.25) is 0 Å². The Bertz CT molecular complexity index is 515. The van der Waals surface area contributed by atoms with Gasteiger partial charge in [-0.25, -0.2) is 9.59 Å². The number of rotatable bonds is 9. The molecule has 6 heteroatoms. The molecule has 26 heavy (non-hydrogen) atoms. The zero-order valence-electron chi connectivity index (χ0n) is 15.6. The number of carbonyl (C=O) groups excluding carboxylic acids is 2. The van der Waals surface area contributed by atoms with Crippen molar-refractivity contribution in [1.82, 2.24) is 0 Å².